The summed E-state index contributed by atoms with van der Waals surface area (Å²) >= 11 is 0. The number of carbonyl (C=O) groups is 2. The first kappa shape index (κ1) is 20.0. The van der Waals surface area contributed by atoms with Gasteiger partial charge in [-0.25, -0.2) is 4.79 Å². The number of carbonyl (C=O) groups excluding carboxylic acids is 2. The van der Waals surface area contributed by atoms with Crippen molar-refractivity contribution in [1.29, 1.82) is 0 Å². The number of amides is 2. The summed E-state index contributed by atoms with van der Waals surface area (Å²) in [6.07, 6.45) is -4.94. The van der Waals surface area contributed by atoms with Gasteiger partial charge >= 0.3 is 12.3 Å². The number of hydrogen-bond donors (Lipinski definition) is 1. The van der Waals surface area contributed by atoms with Crippen molar-refractivity contribution in [3.8, 4) is 0 Å². The number of piperazine rings is 1. The van der Waals surface area contributed by atoms with Crippen molar-refractivity contribution in [3.05, 3.63) is 29.8 Å². The lowest BCUT2D eigenvalue weighted by Crippen LogP contribution is -2.54. The molecule has 26 heavy (non-hydrogen) atoms. The molecule has 144 valence electrons. The lowest BCUT2D eigenvalue weighted by Gasteiger charge is -2.36. The molecule has 1 N–H and O–H groups in total. The predicted molar refractivity (Wildman–Crippen MR) is 89.7 cm³/mol. The third-order valence-electron chi connectivity index (χ3n) is 4.26. The van der Waals surface area contributed by atoms with Gasteiger partial charge < -0.3 is 15.0 Å². The van der Waals surface area contributed by atoms with Gasteiger partial charge in [0.1, 0.15) is 0 Å². The molecule has 1 aromatic rings. The molecular formula is C17H22F3N3O3. The fourth-order valence-electron chi connectivity index (χ4n) is 2.75. The molecular weight excluding hydrogens is 351 g/mol. The largest absolute Gasteiger partial charge is 0.450 e. The second-order valence-corrected chi connectivity index (χ2v) is 5.93. The average molecular weight is 373 g/mol. The van der Waals surface area contributed by atoms with Gasteiger partial charge in [-0.3, -0.25) is 9.69 Å². The van der Waals surface area contributed by atoms with Crippen LogP contribution in [0.1, 0.15) is 19.4 Å². The molecule has 1 unspecified atom stereocenters. The molecule has 0 spiro atoms. The van der Waals surface area contributed by atoms with Crippen LogP contribution in [0.4, 0.5) is 23.7 Å². The maximum Gasteiger partial charge on any atom is 0.418 e. The van der Waals surface area contributed by atoms with Gasteiger partial charge in [0, 0.05) is 26.2 Å². The number of rotatable bonds is 4. The molecule has 1 fully saturated rings. The second-order valence-electron chi connectivity index (χ2n) is 5.93. The SMILES string of the molecule is CCOC(=O)N1CCN(C(C)C(=O)Nc2ccccc2C(F)(F)F)CC1. The Balaban J connectivity index is 1.96. The van der Waals surface area contributed by atoms with Crippen molar-refractivity contribution in [2.24, 2.45) is 0 Å². The Morgan fingerprint density at radius 1 is 1.19 bits per heavy atom. The van der Waals surface area contributed by atoms with Gasteiger partial charge in [0.15, 0.2) is 0 Å². The Labute approximate surface area is 149 Å². The minimum atomic E-state index is -4.54. The lowest BCUT2D eigenvalue weighted by atomic mass is 10.1. The summed E-state index contributed by atoms with van der Waals surface area (Å²) in [5.74, 6) is -0.522. The average Bonchev–Trinajstić information content (AvgIpc) is 2.61. The molecule has 0 aliphatic carbocycles. The van der Waals surface area contributed by atoms with Gasteiger partial charge in [-0.15, -0.1) is 0 Å². The quantitative estimate of drug-likeness (QED) is 0.882. The van der Waals surface area contributed by atoms with E-state index in [9.17, 15) is 22.8 Å². The minimum Gasteiger partial charge on any atom is -0.450 e. The Kier molecular flexibility index (Phi) is 6.47. The molecule has 1 atom stereocenters. The predicted octanol–water partition coefficient (Wildman–Crippen LogP) is 2.81. The number of para-hydroxylation sites is 1. The van der Waals surface area contributed by atoms with Crippen molar-refractivity contribution >= 4 is 17.7 Å². The maximum absolute atomic E-state index is 13.0. The first-order chi connectivity index (χ1) is 12.2. The second kappa shape index (κ2) is 8.39. The molecule has 0 saturated carbocycles. The van der Waals surface area contributed by atoms with Crippen LogP contribution in [0.25, 0.3) is 0 Å². The lowest BCUT2D eigenvalue weighted by molar-refractivity contribution is -0.137. The van der Waals surface area contributed by atoms with Crippen LogP contribution in [0, 0.1) is 0 Å². The van der Waals surface area contributed by atoms with Gasteiger partial charge in [-0.05, 0) is 26.0 Å². The van der Waals surface area contributed by atoms with Gasteiger partial charge in [0.05, 0.1) is 23.9 Å². The van der Waals surface area contributed by atoms with Gasteiger partial charge in [0.2, 0.25) is 5.91 Å². The standard InChI is InChI=1S/C17H22F3N3O3/c1-3-26-16(25)23-10-8-22(9-11-23)12(2)15(24)21-14-7-5-4-6-13(14)17(18,19)20/h4-7,12H,3,8-11H2,1-2H3,(H,21,24). The highest BCUT2D eigenvalue weighted by Crippen LogP contribution is 2.34. The minimum absolute atomic E-state index is 0.262. The summed E-state index contributed by atoms with van der Waals surface area (Å²) < 4.78 is 44.0. The zero-order chi connectivity index (χ0) is 19.3. The van der Waals surface area contributed by atoms with Crippen LogP contribution in [0.2, 0.25) is 0 Å². The molecule has 0 bridgehead atoms. The van der Waals surface area contributed by atoms with Crippen molar-refractivity contribution in [3.63, 3.8) is 0 Å². The molecule has 0 aromatic heterocycles. The van der Waals surface area contributed by atoms with E-state index in [-0.39, 0.29) is 12.3 Å². The van der Waals surface area contributed by atoms with Crippen LogP contribution in [-0.4, -0.2) is 60.6 Å². The van der Waals surface area contributed by atoms with Crippen molar-refractivity contribution in [2.75, 3.05) is 38.1 Å². The number of benzene rings is 1. The third kappa shape index (κ3) is 4.87. The molecule has 1 saturated heterocycles. The summed E-state index contributed by atoms with van der Waals surface area (Å²) in [5, 5.41) is 2.36. The molecule has 1 aromatic carbocycles. The summed E-state index contributed by atoms with van der Waals surface area (Å²) in [5.41, 5.74) is -1.14. The normalized spacial score (nSPS) is 16.9. The topological polar surface area (TPSA) is 61.9 Å². The van der Waals surface area contributed by atoms with Crippen molar-refractivity contribution in [2.45, 2.75) is 26.1 Å². The molecule has 2 rings (SSSR count). The van der Waals surface area contributed by atoms with E-state index in [0.29, 0.717) is 26.2 Å². The number of nitrogens with zero attached hydrogens (tertiary/aromatic N) is 2. The van der Waals surface area contributed by atoms with Gasteiger partial charge in [-0.2, -0.15) is 13.2 Å². The van der Waals surface area contributed by atoms with E-state index >= 15 is 0 Å². The highest BCUT2D eigenvalue weighted by molar-refractivity contribution is 5.95. The number of hydrogen-bond acceptors (Lipinski definition) is 4. The van der Waals surface area contributed by atoms with E-state index in [2.05, 4.69) is 5.32 Å². The van der Waals surface area contributed by atoms with E-state index in [4.69, 9.17) is 4.74 Å². The molecule has 1 aliphatic heterocycles. The molecule has 9 heteroatoms. The van der Waals surface area contributed by atoms with Crippen LogP contribution in [-0.2, 0) is 15.7 Å². The van der Waals surface area contributed by atoms with E-state index in [1.807, 2.05) is 4.90 Å². The Morgan fingerprint density at radius 3 is 2.38 bits per heavy atom. The molecule has 0 radical (unpaired) electrons. The Hall–Kier alpha value is -2.29. The van der Waals surface area contributed by atoms with E-state index in [1.54, 1.807) is 18.7 Å². The van der Waals surface area contributed by atoms with Gasteiger partial charge in [-0.1, -0.05) is 12.1 Å². The first-order valence-corrected chi connectivity index (χ1v) is 8.37. The maximum atomic E-state index is 13.0. The zero-order valence-electron chi connectivity index (χ0n) is 14.7. The zero-order valence-corrected chi connectivity index (χ0v) is 14.7. The van der Waals surface area contributed by atoms with Crippen LogP contribution >= 0.6 is 0 Å². The number of halogens is 3. The van der Waals surface area contributed by atoms with E-state index in [1.165, 1.54) is 18.2 Å². The fraction of sp³-hybridized carbons (Fsp3) is 0.529. The summed E-state index contributed by atoms with van der Waals surface area (Å²) in [6.45, 7) is 5.31. The Morgan fingerprint density at radius 2 is 1.81 bits per heavy atom. The molecule has 1 heterocycles. The molecule has 1 aliphatic rings. The highest BCUT2D eigenvalue weighted by Gasteiger charge is 2.34. The monoisotopic (exact) mass is 373 g/mol. The number of alkyl halides is 3. The van der Waals surface area contributed by atoms with Crippen LogP contribution in [0.3, 0.4) is 0 Å². The van der Waals surface area contributed by atoms with Crippen LogP contribution in [0.15, 0.2) is 24.3 Å². The highest BCUT2D eigenvalue weighted by atomic mass is 19.4. The summed E-state index contributed by atoms with van der Waals surface area (Å²) in [7, 11) is 0. The number of anilines is 1. The van der Waals surface area contributed by atoms with Crippen molar-refractivity contribution < 1.29 is 27.5 Å². The summed E-state index contributed by atoms with van der Waals surface area (Å²) in [4.78, 5) is 27.4. The third-order valence-corrected chi connectivity index (χ3v) is 4.26. The number of ether oxygens (including phenoxy) is 1. The number of nitrogens with one attached hydrogen (secondary N) is 1. The van der Waals surface area contributed by atoms with Crippen LogP contribution < -0.4 is 5.32 Å². The summed E-state index contributed by atoms with van der Waals surface area (Å²) in [6, 6.07) is 4.25. The smallest absolute Gasteiger partial charge is 0.418 e. The molecule has 2 amide bonds. The van der Waals surface area contributed by atoms with Crippen molar-refractivity contribution in [1.82, 2.24) is 9.80 Å². The Bertz CT molecular complexity index is 644. The first-order valence-electron chi connectivity index (χ1n) is 8.37. The molecule has 6 nitrogen and oxygen atoms in total. The van der Waals surface area contributed by atoms with E-state index in [0.717, 1.165) is 6.07 Å². The van der Waals surface area contributed by atoms with Crippen LogP contribution in [0.5, 0.6) is 0 Å². The van der Waals surface area contributed by atoms with Gasteiger partial charge in [0.25, 0.3) is 0 Å². The fourth-order valence-corrected chi connectivity index (χ4v) is 2.75. The van der Waals surface area contributed by atoms with E-state index < -0.39 is 29.8 Å².